The molecule has 0 aliphatic heterocycles. The Morgan fingerprint density at radius 2 is 2.00 bits per heavy atom. The minimum absolute atomic E-state index is 0.359. The topological polar surface area (TPSA) is 55.0 Å². The van der Waals surface area contributed by atoms with Gasteiger partial charge >= 0.3 is 0 Å². The van der Waals surface area contributed by atoms with Gasteiger partial charge in [-0.15, -0.1) is 0 Å². The van der Waals surface area contributed by atoms with Crippen LogP contribution in [0.25, 0.3) is 0 Å². The van der Waals surface area contributed by atoms with Crippen LogP contribution in [0.2, 0.25) is 0 Å². The quantitative estimate of drug-likeness (QED) is 0.835. The number of aromatic nitrogens is 2. The van der Waals surface area contributed by atoms with Crippen molar-refractivity contribution in [3.8, 4) is 0 Å². The van der Waals surface area contributed by atoms with Crippen molar-refractivity contribution in [1.29, 1.82) is 0 Å². The van der Waals surface area contributed by atoms with Gasteiger partial charge in [0.2, 0.25) is 0 Å². The lowest BCUT2D eigenvalue weighted by atomic mass is 10.2. The van der Waals surface area contributed by atoms with Gasteiger partial charge in [-0.05, 0) is 18.2 Å². The highest BCUT2D eigenvalue weighted by Crippen LogP contribution is 2.25. The van der Waals surface area contributed by atoms with E-state index in [0.717, 1.165) is 16.9 Å². The van der Waals surface area contributed by atoms with E-state index in [1.54, 1.807) is 24.8 Å². The molecule has 0 aromatic carbocycles. The number of hydrogen-bond donors (Lipinski definition) is 1. The molecule has 0 bridgehead atoms. The van der Waals surface area contributed by atoms with Crippen LogP contribution in [-0.4, -0.2) is 22.0 Å². The normalized spacial score (nSPS) is 9.94. The Labute approximate surface area is 105 Å². The Kier molecular flexibility index (Phi) is 3.30. The van der Waals surface area contributed by atoms with Gasteiger partial charge in [-0.3, -0.25) is 9.97 Å². The molecule has 0 saturated heterocycles. The smallest absolute Gasteiger partial charge is 0.106 e. The molecule has 2 N–H and O–H groups in total. The number of thiocarbonyl (C=S) groups is 1. The molecular weight excluding hydrogens is 232 g/mol. The van der Waals surface area contributed by atoms with E-state index in [4.69, 9.17) is 18.0 Å². The van der Waals surface area contributed by atoms with Crippen molar-refractivity contribution < 1.29 is 0 Å². The van der Waals surface area contributed by atoms with Gasteiger partial charge in [-0.25, -0.2) is 0 Å². The summed E-state index contributed by atoms with van der Waals surface area (Å²) in [5.74, 6) is 0. The van der Waals surface area contributed by atoms with Gasteiger partial charge in [0, 0.05) is 25.0 Å². The minimum atomic E-state index is 0.359. The second-order valence-corrected chi connectivity index (χ2v) is 3.97. The summed E-state index contributed by atoms with van der Waals surface area (Å²) in [5.41, 5.74) is 8.32. The van der Waals surface area contributed by atoms with Gasteiger partial charge in [0.1, 0.15) is 4.99 Å². The molecule has 2 aromatic rings. The molecule has 0 atom stereocenters. The van der Waals surface area contributed by atoms with Gasteiger partial charge in [0.25, 0.3) is 0 Å². The number of nitrogens with zero attached hydrogens (tertiary/aromatic N) is 3. The van der Waals surface area contributed by atoms with Crippen molar-refractivity contribution in [1.82, 2.24) is 9.97 Å². The molecule has 17 heavy (non-hydrogen) atoms. The number of hydrogen-bond acceptors (Lipinski definition) is 4. The first-order chi connectivity index (χ1) is 8.20. The zero-order chi connectivity index (χ0) is 12.3. The van der Waals surface area contributed by atoms with Gasteiger partial charge in [0.15, 0.2) is 0 Å². The fourth-order valence-electron chi connectivity index (χ4n) is 1.55. The van der Waals surface area contributed by atoms with E-state index in [2.05, 4.69) is 9.97 Å². The van der Waals surface area contributed by atoms with Crippen LogP contribution in [0.15, 0.2) is 43.0 Å². The van der Waals surface area contributed by atoms with Crippen LogP contribution in [0.4, 0.5) is 11.4 Å². The maximum atomic E-state index is 5.69. The lowest BCUT2D eigenvalue weighted by Crippen LogP contribution is -2.18. The van der Waals surface area contributed by atoms with Crippen molar-refractivity contribution in [3.63, 3.8) is 0 Å². The zero-order valence-corrected chi connectivity index (χ0v) is 10.2. The third kappa shape index (κ3) is 2.39. The van der Waals surface area contributed by atoms with Crippen LogP contribution in [0.1, 0.15) is 5.56 Å². The molecule has 2 aromatic heterocycles. The number of pyridine rings is 2. The summed E-state index contributed by atoms with van der Waals surface area (Å²) in [6.07, 6.45) is 6.92. The number of nitrogens with two attached hydrogens (primary N) is 1. The first-order valence-electron chi connectivity index (χ1n) is 5.07. The van der Waals surface area contributed by atoms with Gasteiger partial charge in [0.05, 0.1) is 23.8 Å². The maximum absolute atomic E-state index is 5.69. The molecule has 0 spiro atoms. The second kappa shape index (κ2) is 4.88. The monoisotopic (exact) mass is 244 g/mol. The molecule has 0 aliphatic carbocycles. The first kappa shape index (κ1) is 11.5. The molecular formula is C12H12N4S. The molecule has 0 unspecified atom stereocenters. The van der Waals surface area contributed by atoms with Crippen LogP contribution in [-0.2, 0) is 0 Å². The Morgan fingerprint density at radius 3 is 2.65 bits per heavy atom. The lowest BCUT2D eigenvalue weighted by molar-refractivity contribution is 1.15. The Morgan fingerprint density at radius 1 is 1.24 bits per heavy atom. The highest BCUT2D eigenvalue weighted by molar-refractivity contribution is 7.80. The molecule has 5 heteroatoms. The molecule has 0 amide bonds. The fraction of sp³-hybridized carbons (Fsp3) is 0.0833. The number of rotatable bonds is 3. The molecule has 0 aliphatic rings. The van der Waals surface area contributed by atoms with Crippen LogP contribution in [0.5, 0.6) is 0 Å². The molecule has 0 saturated carbocycles. The lowest BCUT2D eigenvalue weighted by Gasteiger charge is -2.21. The zero-order valence-electron chi connectivity index (χ0n) is 9.37. The maximum Gasteiger partial charge on any atom is 0.106 e. The third-order valence-corrected chi connectivity index (χ3v) is 2.68. The molecule has 86 valence electrons. The molecule has 0 radical (unpaired) electrons. The van der Waals surface area contributed by atoms with E-state index in [9.17, 15) is 0 Å². The standard InChI is InChI=1S/C12H12N4S/c1-16(9-3-2-5-14-7-9)11-8-15-6-4-10(11)12(13)17/h2-8H,1H3,(H2,13,17). The van der Waals surface area contributed by atoms with Crippen molar-refractivity contribution in [2.75, 3.05) is 11.9 Å². The van der Waals surface area contributed by atoms with E-state index in [-0.39, 0.29) is 0 Å². The molecule has 0 fully saturated rings. The average Bonchev–Trinajstić information content (AvgIpc) is 2.39. The van der Waals surface area contributed by atoms with Gasteiger partial charge in [-0.1, -0.05) is 12.2 Å². The molecule has 2 heterocycles. The van der Waals surface area contributed by atoms with Crippen LogP contribution < -0.4 is 10.6 Å². The summed E-state index contributed by atoms with van der Waals surface area (Å²) in [6, 6.07) is 5.65. The fourth-order valence-corrected chi connectivity index (χ4v) is 1.73. The summed E-state index contributed by atoms with van der Waals surface area (Å²) in [7, 11) is 1.93. The van der Waals surface area contributed by atoms with Crippen molar-refractivity contribution in [2.24, 2.45) is 5.73 Å². The van der Waals surface area contributed by atoms with E-state index in [0.29, 0.717) is 4.99 Å². The highest BCUT2D eigenvalue weighted by atomic mass is 32.1. The Hall–Kier alpha value is -2.01. The van der Waals surface area contributed by atoms with E-state index in [1.165, 1.54) is 0 Å². The summed E-state index contributed by atoms with van der Waals surface area (Å²) in [6.45, 7) is 0. The first-order valence-corrected chi connectivity index (χ1v) is 5.48. The molecule has 2 rings (SSSR count). The predicted octanol–water partition coefficient (Wildman–Crippen LogP) is 1.88. The van der Waals surface area contributed by atoms with Crippen LogP contribution in [0.3, 0.4) is 0 Å². The Balaban J connectivity index is 2.44. The summed E-state index contributed by atoms with van der Waals surface area (Å²) in [4.78, 5) is 10.5. The SMILES string of the molecule is CN(c1cccnc1)c1cnccc1C(N)=S. The van der Waals surface area contributed by atoms with Gasteiger partial charge < -0.3 is 10.6 Å². The van der Waals surface area contributed by atoms with Gasteiger partial charge in [-0.2, -0.15) is 0 Å². The summed E-state index contributed by atoms with van der Waals surface area (Å²) < 4.78 is 0. The van der Waals surface area contributed by atoms with Crippen molar-refractivity contribution in [2.45, 2.75) is 0 Å². The van der Waals surface area contributed by atoms with E-state index in [1.807, 2.05) is 30.1 Å². The van der Waals surface area contributed by atoms with Crippen molar-refractivity contribution >= 4 is 28.6 Å². The average molecular weight is 244 g/mol. The third-order valence-electron chi connectivity index (χ3n) is 2.46. The highest BCUT2D eigenvalue weighted by Gasteiger charge is 2.10. The van der Waals surface area contributed by atoms with E-state index < -0.39 is 0 Å². The largest absolute Gasteiger partial charge is 0.389 e. The predicted molar refractivity (Wildman–Crippen MR) is 72.4 cm³/mol. The molecule has 4 nitrogen and oxygen atoms in total. The summed E-state index contributed by atoms with van der Waals surface area (Å²) >= 11 is 5.03. The van der Waals surface area contributed by atoms with Crippen LogP contribution >= 0.6 is 12.2 Å². The van der Waals surface area contributed by atoms with Crippen molar-refractivity contribution in [3.05, 3.63) is 48.5 Å². The number of anilines is 2. The summed E-state index contributed by atoms with van der Waals surface area (Å²) in [5, 5.41) is 0. The Bertz CT molecular complexity index is 527. The second-order valence-electron chi connectivity index (χ2n) is 3.53. The van der Waals surface area contributed by atoms with E-state index >= 15 is 0 Å². The minimum Gasteiger partial charge on any atom is -0.389 e. The van der Waals surface area contributed by atoms with Crippen LogP contribution in [0, 0.1) is 0 Å².